The van der Waals surface area contributed by atoms with Crippen molar-refractivity contribution < 1.29 is 5.11 Å². The number of thiophene rings is 1. The van der Waals surface area contributed by atoms with Crippen molar-refractivity contribution >= 4 is 17.0 Å². The van der Waals surface area contributed by atoms with Gasteiger partial charge in [-0.3, -0.25) is 0 Å². The highest BCUT2D eigenvalue weighted by atomic mass is 32.1. The standard InChI is InChI=1S/C11H9N3OS/c12-14-13-9-5-3-8(4-6-9)11(15)10-2-1-7-16-10/h1-7,11,15H. The van der Waals surface area contributed by atoms with Crippen molar-refractivity contribution in [2.45, 2.75) is 6.10 Å². The first kappa shape index (κ1) is 10.7. The number of aliphatic hydroxyl groups excluding tert-OH is 1. The molecular weight excluding hydrogens is 222 g/mol. The second kappa shape index (κ2) is 4.81. The Hall–Kier alpha value is -1.81. The zero-order chi connectivity index (χ0) is 11.4. The Labute approximate surface area is 96.4 Å². The van der Waals surface area contributed by atoms with Gasteiger partial charge in [0.1, 0.15) is 6.10 Å². The molecule has 0 fully saturated rings. The normalized spacial score (nSPS) is 11.8. The maximum atomic E-state index is 10.0. The molecule has 0 aliphatic heterocycles. The van der Waals surface area contributed by atoms with E-state index >= 15 is 0 Å². The van der Waals surface area contributed by atoms with Crippen LogP contribution in [0.2, 0.25) is 0 Å². The molecule has 1 unspecified atom stereocenters. The Bertz CT molecular complexity index is 501. The number of hydrogen-bond acceptors (Lipinski definition) is 3. The zero-order valence-electron chi connectivity index (χ0n) is 8.32. The molecule has 0 spiro atoms. The molecule has 1 aromatic heterocycles. The average molecular weight is 231 g/mol. The summed E-state index contributed by atoms with van der Waals surface area (Å²) in [7, 11) is 0. The molecule has 5 heteroatoms. The van der Waals surface area contributed by atoms with Crippen LogP contribution < -0.4 is 0 Å². The Morgan fingerprint density at radius 1 is 1.25 bits per heavy atom. The van der Waals surface area contributed by atoms with Gasteiger partial charge in [0.15, 0.2) is 0 Å². The lowest BCUT2D eigenvalue weighted by Gasteiger charge is -2.08. The molecular formula is C11H9N3OS. The molecule has 0 saturated heterocycles. The fourth-order valence-corrected chi connectivity index (χ4v) is 2.12. The fraction of sp³-hybridized carbons (Fsp3) is 0.0909. The first-order chi connectivity index (χ1) is 7.81. The number of aliphatic hydroxyl groups is 1. The van der Waals surface area contributed by atoms with Crippen LogP contribution in [0.4, 0.5) is 5.69 Å². The van der Waals surface area contributed by atoms with Gasteiger partial charge in [-0.1, -0.05) is 35.4 Å². The third kappa shape index (κ3) is 2.23. The molecule has 16 heavy (non-hydrogen) atoms. The average Bonchev–Trinajstić information content (AvgIpc) is 2.83. The van der Waals surface area contributed by atoms with E-state index in [1.54, 1.807) is 24.3 Å². The maximum Gasteiger partial charge on any atom is 0.113 e. The lowest BCUT2D eigenvalue weighted by atomic mass is 10.1. The van der Waals surface area contributed by atoms with Gasteiger partial charge >= 0.3 is 0 Å². The topological polar surface area (TPSA) is 69.0 Å². The summed E-state index contributed by atoms with van der Waals surface area (Å²) in [5, 5.41) is 15.4. The molecule has 80 valence electrons. The third-order valence-electron chi connectivity index (χ3n) is 2.18. The van der Waals surface area contributed by atoms with E-state index in [1.807, 2.05) is 17.5 Å². The van der Waals surface area contributed by atoms with Crippen LogP contribution in [-0.2, 0) is 0 Å². The van der Waals surface area contributed by atoms with Crippen LogP contribution in [0, 0.1) is 0 Å². The van der Waals surface area contributed by atoms with Gasteiger partial charge in [0.05, 0.1) is 0 Å². The molecule has 2 rings (SSSR count). The summed E-state index contributed by atoms with van der Waals surface area (Å²) in [6.45, 7) is 0. The summed E-state index contributed by atoms with van der Waals surface area (Å²) in [4.78, 5) is 3.59. The van der Waals surface area contributed by atoms with Gasteiger partial charge in [0.25, 0.3) is 0 Å². The largest absolute Gasteiger partial charge is 0.383 e. The van der Waals surface area contributed by atoms with Crippen molar-refractivity contribution in [3.63, 3.8) is 0 Å². The molecule has 1 heterocycles. The predicted molar refractivity (Wildman–Crippen MR) is 63.6 cm³/mol. The molecule has 0 radical (unpaired) electrons. The van der Waals surface area contributed by atoms with Crippen LogP contribution in [0.1, 0.15) is 16.5 Å². The molecule has 0 aliphatic rings. The minimum absolute atomic E-state index is 0.546. The van der Waals surface area contributed by atoms with Gasteiger partial charge < -0.3 is 5.11 Å². The van der Waals surface area contributed by atoms with Crippen LogP contribution >= 0.6 is 11.3 Å². The number of nitrogens with zero attached hydrogens (tertiary/aromatic N) is 3. The van der Waals surface area contributed by atoms with E-state index in [0.29, 0.717) is 5.69 Å². The molecule has 0 amide bonds. The number of hydrogen-bond donors (Lipinski definition) is 1. The summed E-state index contributed by atoms with van der Waals surface area (Å²) < 4.78 is 0. The van der Waals surface area contributed by atoms with Gasteiger partial charge in [-0.25, -0.2) is 0 Å². The Kier molecular flexibility index (Phi) is 3.22. The molecule has 2 aromatic rings. The summed E-state index contributed by atoms with van der Waals surface area (Å²) in [6.07, 6.45) is -0.611. The van der Waals surface area contributed by atoms with E-state index in [9.17, 15) is 5.11 Å². The maximum absolute atomic E-state index is 10.0. The van der Waals surface area contributed by atoms with Crippen molar-refractivity contribution in [1.29, 1.82) is 0 Å². The minimum atomic E-state index is -0.611. The highest BCUT2D eigenvalue weighted by Gasteiger charge is 2.10. The van der Waals surface area contributed by atoms with E-state index in [-0.39, 0.29) is 0 Å². The van der Waals surface area contributed by atoms with E-state index in [2.05, 4.69) is 10.0 Å². The Morgan fingerprint density at radius 2 is 2.00 bits per heavy atom. The van der Waals surface area contributed by atoms with Gasteiger partial charge in [-0.15, -0.1) is 11.3 Å². The Balaban J connectivity index is 2.25. The van der Waals surface area contributed by atoms with Crippen molar-refractivity contribution in [1.82, 2.24) is 0 Å². The van der Waals surface area contributed by atoms with E-state index < -0.39 is 6.10 Å². The van der Waals surface area contributed by atoms with Crippen LogP contribution in [0.3, 0.4) is 0 Å². The third-order valence-corrected chi connectivity index (χ3v) is 3.11. The van der Waals surface area contributed by atoms with E-state index in [0.717, 1.165) is 10.4 Å². The molecule has 0 aliphatic carbocycles. The predicted octanol–water partition coefficient (Wildman–Crippen LogP) is 3.77. The van der Waals surface area contributed by atoms with Gasteiger partial charge in [-0.2, -0.15) is 0 Å². The van der Waals surface area contributed by atoms with Crippen LogP contribution in [0.5, 0.6) is 0 Å². The number of rotatable bonds is 3. The van der Waals surface area contributed by atoms with E-state index in [1.165, 1.54) is 11.3 Å². The smallest absolute Gasteiger partial charge is 0.113 e. The summed E-state index contributed by atoms with van der Waals surface area (Å²) >= 11 is 1.51. The molecule has 4 nitrogen and oxygen atoms in total. The fourth-order valence-electron chi connectivity index (χ4n) is 1.39. The first-order valence-electron chi connectivity index (χ1n) is 4.68. The van der Waals surface area contributed by atoms with Crippen LogP contribution in [-0.4, -0.2) is 5.11 Å². The highest BCUT2D eigenvalue weighted by molar-refractivity contribution is 7.10. The number of benzene rings is 1. The van der Waals surface area contributed by atoms with Gasteiger partial charge in [-0.05, 0) is 22.5 Å². The molecule has 1 atom stereocenters. The zero-order valence-corrected chi connectivity index (χ0v) is 9.13. The second-order valence-corrected chi connectivity index (χ2v) is 4.18. The van der Waals surface area contributed by atoms with Crippen molar-refractivity contribution in [2.75, 3.05) is 0 Å². The van der Waals surface area contributed by atoms with E-state index in [4.69, 9.17) is 5.53 Å². The first-order valence-corrected chi connectivity index (χ1v) is 5.56. The molecule has 1 aromatic carbocycles. The summed E-state index contributed by atoms with van der Waals surface area (Å²) in [5.41, 5.74) is 9.60. The minimum Gasteiger partial charge on any atom is -0.383 e. The van der Waals surface area contributed by atoms with Gasteiger partial charge in [0.2, 0.25) is 0 Å². The van der Waals surface area contributed by atoms with Crippen molar-refractivity contribution in [2.24, 2.45) is 5.11 Å². The van der Waals surface area contributed by atoms with Crippen molar-refractivity contribution in [3.05, 3.63) is 62.7 Å². The van der Waals surface area contributed by atoms with Gasteiger partial charge in [0, 0.05) is 15.5 Å². The molecule has 1 N–H and O–H groups in total. The van der Waals surface area contributed by atoms with Crippen LogP contribution in [0.15, 0.2) is 46.9 Å². The lowest BCUT2D eigenvalue weighted by molar-refractivity contribution is 0.224. The Morgan fingerprint density at radius 3 is 2.56 bits per heavy atom. The molecule has 0 saturated carbocycles. The van der Waals surface area contributed by atoms with Crippen molar-refractivity contribution in [3.8, 4) is 0 Å². The quantitative estimate of drug-likeness (QED) is 0.487. The molecule has 0 bridgehead atoms. The second-order valence-electron chi connectivity index (χ2n) is 3.20. The lowest BCUT2D eigenvalue weighted by Crippen LogP contribution is -1.95. The highest BCUT2D eigenvalue weighted by Crippen LogP contribution is 2.27. The summed E-state index contributed by atoms with van der Waals surface area (Å²) in [5.74, 6) is 0. The SMILES string of the molecule is [N-]=[N+]=Nc1ccc(C(O)c2cccs2)cc1. The monoisotopic (exact) mass is 231 g/mol. The van der Waals surface area contributed by atoms with Crippen LogP contribution in [0.25, 0.3) is 10.4 Å². The number of azide groups is 1. The summed E-state index contributed by atoms with van der Waals surface area (Å²) in [6, 6.07) is 10.7.